The summed E-state index contributed by atoms with van der Waals surface area (Å²) in [5.41, 5.74) is 0. The number of amides is 1. The summed E-state index contributed by atoms with van der Waals surface area (Å²) in [5, 5.41) is 0. The van der Waals surface area contributed by atoms with Gasteiger partial charge < -0.3 is 38.1 Å². The Labute approximate surface area is 452 Å². The van der Waals surface area contributed by atoms with E-state index < -0.39 is 42.0 Å². The minimum absolute atomic E-state index is 0.108. The van der Waals surface area contributed by atoms with Gasteiger partial charge in [-0.05, 0) is 65.0 Å². The molecule has 1 unspecified atom stereocenters. The van der Waals surface area contributed by atoms with Crippen molar-refractivity contribution in [2.75, 3.05) is 59.8 Å². The number of likely N-dealkylation sites (N-methyl/N-ethyl adjacent to an activating group) is 1. The molecule has 0 radical (unpaired) electrons. The first-order chi connectivity index (χ1) is 36.4. The van der Waals surface area contributed by atoms with E-state index in [0.717, 1.165) is 122 Å². The second-order valence-corrected chi connectivity index (χ2v) is 21.5. The van der Waals surface area contributed by atoms with E-state index in [0.29, 0.717) is 45.1 Å². The monoisotopic (exact) mass is 1060 g/mol. The molecule has 16 heteroatoms. The van der Waals surface area contributed by atoms with Crippen molar-refractivity contribution in [3.8, 4) is 0 Å². The molecule has 0 N–H and O–H groups in total. The van der Waals surface area contributed by atoms with Gasteiger partial charge in [0.15, 0.2) is 0 Å². The Morgan fingerprint density at radius 1 is 0.427 bits per heavy atom. The van der Waals surface area contributed by atoms with Crippen molar-refractivity contribution in [1.82, 2.24) is 9.80 Å². The first-order valence-electron chi connectivity index (χ1n) is 30.0. The fourth-order valence-electron chi connectivity index (χ4n) is 9.51. The molecule has 2 heterocycles. The van der Waals surface area contributed by atoms with Crippen LogP contribution in [0.4, 0.5) is 4.79 Å². The number of likely N-dealkylation sites (tertiary alicyclic amines) is 2. The van der Waals surface area contributed by atoms with Gasteiger partial charge >= 0.3 is 41.9 Å². The van der Waals surface area contributed by atoms with Gasteiger partial charge in [-0.3, -0.25) is 33.7 Å². The molecule has 16 nitrogen and oxygen atoms in total. The topological polar surface area (TPSA) is 191 Å². The summed E-state index contributed by atoms with van der Waals surface area (Å²) >= 11 is 0. The molecule has 0 aromatic carbocycles. The van der Waals surface area contributed by atoms with Crippen molar-refractivity contribution in [1.29, 1.82) is 0 Å². The van der Waals surface area contributed by atoms with Crippen LogP contribution in [0.3, 0.4) is 0 Å². The van der Waals surface area contributed by atoms with Crippen LogP contribution in [-0.4, -0.2) is 130 Å². The maximum atomic E-state index is 13.9. The molecule has 0 aromatic rings. The number of esters is 6. The predicted molar refractivity (Wildman–Crippen MR) is 290 cm³/mol. The molecule has 0 saturated carbocycles. The third-order valence-electron chi connectivity index (χ3n) is 14.3. The Balaban J connectivity index is 2.08. The predicted octanol–water partition coefficient (Wildman–Crippen LogP) is 12.3. The number of ether oxygens (including phenoxy) is 7. The zero-order valence-electron chi connectivity index (χ0n) is 47.7. The van der Waals surface area contributed by atoms with Gasteiger partial charge in [-0.15, -0.1) is 0 Å². The molecule has 0 aromatic heterocycles. The summed E-state index contributed by atoms with van der Waals surface area (Å²) in [4.78, 5) is 95.3. The van der Waals surface area contributed by atoms with Crippen LogP contribution in [0.5, 0.6) is 0 Å². The molecule has 1 amide bonds. The van der Waals surface area contributed by atoms with E-state index in [1.807, 2.05) is 7.05 Å². The molecule has 0 spiro atoms. The molecular weight excluding hydrogens is 961 g/mol. The lowest BCUT2D eigenvalue weighted by Crippen LogP contribution is -2.62. The normalized spacial score (nSPS) is 16.7. The fourth-order valence-corrected chi connectivity index (χ4v) is 9.51. The molecule has 2 aliphatic rings. The first kappa shape index (κ1) is 67.2. The molecule has 2 fully saturated rings. The standard InChI is InChI=1S/C59H104N2O14/c1-6-10-14-18-22-26-33-53(62)69-42-48(43-70-54(63)34-27-23-19-15-11-7-2)38-57(66)73-46-50-40-51(61(50)59(68)75-52-32-30-31-37-60(5)41-52)47-74-58(67)39-49(44-71-55(64)35-28-24-20-16-12-8-3)45-72-56(65)36-29-25-21-17-13-9-4/h48-52H,6-47H2,1-5H3/t50-,51-,52?/m1/s1. The van der Waals surface area contributed by atoms with Gasteiger partial charge in [0.25, 0.3) is 0 Å². The quantitative estimate of drug-likeness (QED) is 0.0318. The minimum atomic E-state index is -0.627. The fraction of sp³-hybridized carbons (Fsp3) is 0.881. The molecular formula is C59H104N2O14. The van der Waals surface area contributed by atoms with E-state index in [9.17, 15) is 33.6 Å². The van der Waals surface area contributed by atoms with E-state index in [1.54, 1.807) is 0 Å². The summed E-state index contributed by atoms with van der Waals surface area (Å²) < 4.78 is 39.9. The van der Waals surface area contributed by atoms with Crippen LogP contribution in [0.1, 0.15) is 246 Å². The lowest BCUT2D eigenvalue weighted by Gasteiger charge is -2.47. The molecule has 2 saturated heterocycles. The molecule has 434 valence electrons. The Bertz CT molecular complexity index is 1410. The second-order valence-electron chi connectivity index (χ2n) is 21.5. The maximum Gasteiger partial charge on any atom is 0.410 e. The average Bonchev–Trinajstić information content (AvgIpc) is 3.59. The van der Waals surface area contributed by atoms with Crippen molar-refractivity contribution in [2.24, 2.45) is 11.8 Å². The van der Waals surface area contributed by atoms with Gasteiger partial charge in [-0.1, -0.05) is 156 Å². The van der Waals surface area contributed by atoms with Gasteiger partial charge in [0.2, 0.25) is 0 Å². The van der Waals surface area contributed by atoms with E-state index in [1.165, 1.54) is 30.6 Å². The molecule has 3 atom stereocenters. The number of unbranched alkanes of at least 4 members (excludes halogenated alkanes) is 20. The van der Waals surface area contributed by atoms with Crippen molar-refractivity contribution in [3.63, 3.8) is 0 Å². The third kappa shape index (κ3) is 34.4. The van der Waals surface area contributed by atoms with Gasteiger partial charge in [0.05, 0.1) is 51.4 Å². The highest BCUT2D eigenvalue weighted by Gasteiger charge is 2.45. The molecule has 2 rings (SSSR count). The zero-order valence-corrected chi connectivity index (χ0v) is 47.7. The highest BCUT2D eigenvalue weighted by molar-refractivity contribution is 5.73. The number of hydrogen-bond donors (Lipinski definition) is 0. The van der Waals surface area contributed by atoms with E-state index in [4.69, 9.17) is 33.2 Å². The third-order valence-corrected chi connectivity index (χ3v) is 14.3. The Morgan fingerprint density at radius 3 is 1.11 bits per heavy atom. The highest BCUT2D eigenvalue weighted by atomic mass is 16.6. The van der Waals surface area contributed by atoms with Crippen LogP contribution in [0.2, 0.25) is 0 Å². The summed E-state index contributed by atoms with van der Waals surface area (Å²) in [6, 6.07) is -1.13. The largest absolute Gasteiger partial charge is 0.465 e. The van der Waals surface area contributed by atoms with E-state index >= 15 is 0 Å². The summed E-state index contributed by atoms with van der Waals surface area (Å²) in [5.74, 6) is -3.90. The number of carbonyl (C=O) groups is 7. The van der Waals surface area contributed by atoms with Crippen LogP contribution < -0.4 is 0 Å². The molecule has 2 aliphatic heterocycles. The van der Waals surface area contributed by atoms with Crippen LogP contribution in [0, 0.1) is 11.8 Å². The SMILES string of the molecule is CCCCCCCCC(=O)OCC(COC(=O)CCCCCCCC)CC(=O)OC[C@H]1C[C@H](COC(=O)CC(COC(=O)CCCCCCCC)COC(=O)CCCCCCCC)N1C(=O)OC1CCCCN(C)C1. The molecule has 0 aliphatic carbocycles. The number of nitrogens with zero attached hydrogens (tertiary/aromatic N) is 2. The molecule has 75 heavy (non-hydrogen) atoms. The van der Waals surface area contributed by atoms with Crippen LogP contribution >= 0.6 is 0 Å². The van der Waals surface area contributed by atoms with Crippen LogP contribution in [-0.2, 0) is 61.9 Å². The Morgan fingerprint density at radius 2 is 0.760 bits per heavy atom. The van der Waals surface area contributed by atoms with Gasteiger partial charge in [0, 0.05) is 44.1 Å². The molecule has 0 bridgehead atoms. The number of hydrogen-bond acceptors (Lipinski definition) is 15. The van der Waals surface area contributed by atoms with Crippen molar-refractivity contribution < 1.29 is 66.7 Å². The smallest absolute Gasteiger partial charge is 0.410 e. The van der Waals surface area contributed by atoms with Gasteiger partial charge in [-0.25, -0.2) is 4.79 Å². The van der Waals surface area contributed by atoms with Crippen molar-refractivity contribution in [2.45, 2.75) is 264 Å². The first-order valence-corrected chi connectivity index (χ1v) is 30.0. The van der Waals surface area contributed by atoms with Crippen molar-refractivity contribution in [3.05, 3.63) is 0 Å². The second kappa shape index (κ2) is 44.1. The van der Waals surface area contributed by atoms with E-state index in [2.05, 4.69) is 32.6 Å². The average molecular weight is 1070 g/mol. The number of carbonyl (C=O) groups excluding carboxylic acids is 7. The summed E-state index contributed by atoms with van der Waals surface area (Å²) in [7, 11) is 1.99. The highest BCUT2D eigenvalue weighted by Crippen LogP contribution is 2.29. The van der Waals surface area contributed by atoms with Crippen molar-refractivity contribution >= 4 is 41.9 Å². The van der Waals surface area contributed by atoms with Crippen LogP contribution in [0.25, 0.3) is 0 Å². The minimum Gasteiger partial charge on any atom is -0.465 e. The van der Waals surface area contributed by atoms with Gasteiger partial charge in [0.1, 0.15) is 19.3 Å². The lowest BCUT2D eigenvalue weighted by atomic mass is 9.94. The van der Waals surface area contributed by atoms with E-state index in [-0.39, 0.29) is 108 Å². The summed E-state index contributed by atoms with van der Waals surface area (Å²) in [6.45, 7) is 9.36. The lowest BCUT2D eigenvalue weighted by molar-refractivity contribution is -0.159. The zero-order chi connectivity index (χ0) is 54.7. The summed E-state index contributed by atoms with van der Waals surface area (Å²) in [6.07, 6.45) is 27.3. The number of rotatable bonds is 45. The van der Waals surface area contributed by atoms with Gasteiger partial charge in [-0.2, -0.15) is 0 Å². The van der Waals surface area contributed by atoms with Crippen LogP contribution in [0.15, 0.2) is 0 Å². The maximum absolute atomic E-state index is 13.9. The Hall–Kier alpha value is -3.95. The Kier molecular flexibility index (Phi) is 39.5.